The molecular formula is C54H29B7N2. The molecule has 2 aromatic heterocycles. The van der Waals surface area contributed by atoms with Gasteiger partial charge in [-0.25, -0.2) is 0 Å². The van der Waals surface area contributed by atoms with Gasteiger partial charge in [0.25, 0.3) is 0 Å². The number of benzene rings is 9. The molecule has 0 amide bonds. The Morgan fingerprint density at radius 1 is 0.270 bits per heavy atom. The maximum absolute atomic E-state index is 7.36. The fraction of sp³-hybridized carbons (Fsp3) is 0. The van der Waals surface area contributed by atoms with E-state index in [2.05, 4.69) is 132 Å². The van der Waals surface area contributed by atoms with Crippen LogP contribution in [0.4, 0.5) is 0 Å². The summed E-state index contributed by atoms with van der Waals surface area (Å²) in [6.45, 7) is 0. The van der Waals surface area contributed by atoms with E-state index in [-0.39, 0.29) is 21.9 Å². The molecule has 0 bridgehead atoms. The number of rotatable bonds is 6. The maximum atomic E-state index is 7.36. The normalized spacial score (nSPS) is 11.6. The molecule has 63 heavy (non-hydrogen) atoms. The fourth-order valence-corrected chi connectivity index (χ4v) is 9.41. The Morgan fingerprint density at radius 3 is 1.38 bits per heavy atom. The van der Waals surface area contributed by atoms with Crippen LogP contribution in [-0.2, 0) is 0 Å². The van der Waals surface area contributed by atoms with Gasteiger partial charge >= 0.3 is 0 Å². The second-order valence-electron chi connectivity index (χ2n) is 16.0. The summed E-state index contributed by atoms with van der Waals surface area (Å²) < 4.78 is 4.24. The van der Waals surface area contributed by atoms with Gasteiger partial charge in [0.2, 0.25) is 0 Å². The second kappa shape index (κ2) is 15.1. The molecule has 0 aliphatic heterocycles. The van der Waals surface area contributed by atoms with Crippen LogP contribution >= 0.6 is 0 Å². The topological polar surface area (TPSA) is 9.86 Å². The highest BCUT2D eigenvalue weighted by atomic mass is 15.0. The summed E-state index contributed by atoms with van der Waals surface area (Å²) in [7, 11) is 48.6. The van der Waals surface area contributed by atoms with Gasteiger partial charge in [-0.3, -0.25) is 0 Å². The van der Waals surface area contributed by atoms with Gasteiger partial charge in [0, 0.05) is 38.6 Å². The van der Waals surface area contributed by atoms with Crippen molar-refractivity contribution >= 4 is 137 Å². The van der Waals surface area contributed by atoms with Crippen molar-refractivity contribution in [3.05, 3.63) is 176 Å². The number of para-hydroxylation sites is 1. The third kappa shape index (κ3) is 6.12. The summed E-state index contributed by atoms with van der Waals surface area (Å²) in [4.78, 5) is 0. The predicted octanol–water partition coefficient (Wildman–Crippen LogP) is 6.11. The van der Waals surface area contributed by atoms with Crippen LogP contribution in [0.3, 0.4) is 0 Å². The molecule has 0 atom stereocenters. The first-order valence-corrected chi connectivity index (χ1v) is 20.7. The molecule has 0 aliphatic carbocycles. The van der Waals surface area contributed by atoms with Gasteiger partial charge in [-0.15, -0.1) is 10.9 Å². The zero-order valence-electron chi connectivity index (χ0n) is 34.2. The van der Waals surface area contributed by atoms with Crippen LogP contribution < -0.4 is 38.2 Å². The largest absolute Gasteiger partial charge is 0.311 e. The first-order valence-electron chi connectivity index (χ1n) is 20.7. The van der Waals surface area contributed by atoms with Crippen LogP contribution in [0.2, 0.25) is 0 Å². The van der Waals surface area contributed by atoms with Crippen LogP contribution in [0, 0.1) is 0 Å². The minimum atomic E-state index is 0.175. The molecule has 2 heterocycles. The third-order valence-corrected chi connectivity index (χ3v) is 12.5. The molecule has 2 nitrogen and oxygen atoms in total. The van der Waals surface area contributed by atoms with Gasteiger partial charge in [-0.05, 0) is 98.4 Å². The molecule has 0 saturated carbocycles. The van der Waals surface area contributed by atoms with Crippen LogP contribution in [0.15, 0.2) is 176 Å². The molecule has 11 aromatic rings. The smallest absolute Gasteiger partial charge is 0.115 e. The molecule has 0 fully saturated rings. The van der Waals surface area contributed by atoms with Crippen molar-refractivity contribution < 1.29 is 0 Å². The standard InChI is InChI=1S/C54H29B7N2/c55-46-43(36-22-26-41-40(28-36)39-25-21-35(31-13-6-2-7-14-31)29-42(39)62(41)37-17-8-3-9-18-37)47(56)51(60)53-44(46)45-48(57)49(58)50(59)52(61)54(45)63(53)38-23-19-32(20-24-38)34-16-10-15-33(27-34)30-11-4-1-5-12-30/h1-29H. The third-order valence-electron chi connectivity index (χ3n) is 12.5. The minimum absolute atomic E-state index is 0.175. The molecule has 9 aromatic carbocycles. The Kier molecular flexibility index (Phi) is 9.35. The minimum Gasteiger partial charge on any atom is -0.311 e. The maximum Gasteiger partial charge on any atom is 0.115 e. The van der Waals surface area contributed by atoms with E-state index in [9.17, 15) is 0 Å². The quantitative estimate of drug-likeness (QED) is 0.181. The highest BCUT2D eigenvalue weighted by molar-refractivity contribution is 6.69. The van der Waals surface area contributed by atoms with Crippen molar-refractivity contribution in [2.24, 2.45) is 0 Å². The van der Waals surface area contributed by atoms with Gasteiger partial charge in [-0.1, -0.05) is 155 Å². The lowest BCUT2D eigenvalue weighted by atomic mass is 9.64. The molecule has 0 N–H and O–H groups in total. The number of hydrogen-bond acceptors (Lipinski definition) is 0. The highest BCUT2D eigenvalue weighted by Crippen LogP contribution is 2.38. The number of aromatic nitrogens is 2. The highest BCUT2D eigenvalue weighted by Gasteiger charge is 2.25. The van der Waals surface area contributed by atoms with Gasteiger partial charge < -0.3 is 9.13 Å². The predicted molar refractivity (Wildman–Crippen MR) is 275 cm³/mol. The van der Waals surface area contributed by atoms with Crippen molar-refractivity contribution in [2.75, 3.05) is 0 Å². The summed E-state index contributed by atoms with van der Waals surface area (Å²) >= 11 is 0. The van der Waals surface area contributed by atoms with Crippen LogP contribution in [-0.4, -0.2) is 64.1 Å². The average Bonchev–Trinajstić information content (AvgIpc) is 3.87. The Morgan fingerprint density at radius 2 is 0.746 bits per heavy atom. The van der Waals surface area contributed by atoms with Gasteiger partial charge in [0.1, 0.15) is 54.9 Å². The van der Waals surface area contributed by atoms with Crippen molar-refractivity contribution in [3.8, 4) is 55.9 Å². The summed E-state index contributed by atoms with van der Waals surface area (Å²) in [5.41, 5.74) is 14.9. The fourth-order valence-electron chi connectivity index (χ4n) is 9.41. The lowest BCUT2D eigenvalue weighted by Crippen LogP contribution is -2.48. The van der Waals surface area contributed by atoms with E-state index in [0.717, 1.165) is 72.1 Å². The molecule has 0 saturated heterocycles. The average molecular weight is 782 g/mol. The van der Waals surface area contributed by atoms with Gasteiger partial charge in [0.15, 0.2) is 0 Å². The Bertz CT molecular complexity index is 3620. The van der Waals surface area contributed by atoms with Crippen molar-refractivity contribution in [3.63, 3.8) is 0 Å². The van der Waals surface area contributed by atoms with E-state index < -0.39 is 0 Å². The summed E-state index contributed by atoms with van der Waals surface area (Å²) in [5, 5.41) is 3.24. The molecule has 11 rings (SSSR count). The van der Waals surface area contributed by atoms with E-state index in [0.29, 0.717) is 43.8 Å². The van der Waals surface area contributed by atoms with Crippen molar-refractivity contribution in [2.45, 2.75) is 0 Å². The molecule has 0 spiro atoms. The Balaban J connectivity index is 1.12. The number of fused-ring (bicyclic) bond motifs is 6. The van der Waals surface area contributed by atoms with Crippen LogP contribution in [0.5, 0.6) is 0 Å². The summed E-state index contributed by atoms with van der Waals surface area (Å²) in [5.74, 6) is 0. The zero-order valence-corrected chi connectivity index (χ0v) is 34.2. The first-order chi connectivity index (χ1) is 30.7. The zero-order chi connectivity index (χ0) is 43.1. The Hall–Kier alpha value is -6.97. The van der Waals surface area contributed by atoms with E-state index in [4.69, 9.17) is 54.9 Å². The van der Waals surface area contributed by atoms with E-state index >= 15 is 0 Å². The number of hydrogen-bond donors (Lipinski definition) is 0. The molecule has 276 valence electrons. The van der Waals surface area contributed by atoms with Crippen LogP contribution in [0.1, 0.15) is 0 Å². The van der Waals surface area contributed by atoms with Gasteiger partial charge in [0.05, 0.1) is 11.0 Å². The lowest BCUT2D eigenvalue weighted by Gasteiger charge is -2.19. The SMILES string of the molecule is [B]c1c([B])c([B])c2c(c1[B])c1c([B])c(-c3ccc4c(c3)c3ccc(-c5ccccc5)cc3n4-c3ccccc3)c([B])c([B])c1n2-c1ccc(-c2cccc(-c3ccccc3)c2)cc1. The lowest BCUT2D eigenvalue weighted by molar-refractivity contribution is 1.18. The number of nitrogens with zero attached hydrogens (tertiary/aromatic N) is 2. The van der Waals surface area contributed by atoms with Crippen LogP contribution in [0.25, 0.3) is 99.5 Å². The molecular weight excluding hydrogens is 752 g/mol. The molecule has 0 aliphatic rings. The van der Waals surface area contributed by atoms with Gasteiger partial charge in [-0.2, -0.15) is 0 Å². The van der Waals surface area contributed by atoms with E-state index in [1.807, 2.05) is 53.1 Å². The van der Waals surface area contributed by atoms with Crippen molar-refractivity contribution in [1.82, 2.24) is 9.13 Å². The molecule has 9 heteroatoms. The van der Waals surface area contributed by atoms with Crippen molar-refractivity contribution in [1.29, 1.82) is 0 Å². The van der Waals surface area contributed by atoms with E-state index in [1.165, 1.54) is 0 Å². The molecule has 14 radical (unpaired) electrons. The second-order valence-corrected chi connectivity index (χ2v) is 16.0. The molecule has 0 unspecified atom stereocenters. The Labute approximate surface area is 375 Å². The first kappa shape index (κ1) is 38.9. The summed E-state index contributed by atoms with van der Waals surface area (Å²) in [6, 6.07) is 60.6. The monoisotopic (exact) mass is 782 g/mol. The van der Waals surface area contributed by atoms with E-state index in [1.54, 1.807) is 0 Å². The summed E-state index contributed by atoms with van der Waals surface area (Å²) in [6.07, 6.45) is 0.